The van der Waals surface area contributed by atoms with Crippen molar-refractivity contribution in [3.8, 4) is 0 Å². The topological polar surface area (TPSA) is 50.9 Å². The summed E-state index contributed by atoms with van der Waals surface area (Å²) in [6.07, 6.45) is 4.50. The highest BCUT2D eigenvalue weighted by Gasteiger charge is 2.10. The van der Waals surface area contributed by atoms with Crippen LogP contribution in [0.1, 0.15) is 22.7 Å². The lowest BCUT2D eigenvalue weighted by Crippen LogP contribution is -2.29. The first-order valence-electron chi connectivity index (χ1n) is 5.71. The van der Waals surface area contributed by atoms with E-state index in [1.54, 1.807) is 6.20 Å². The molecule has 2 rings (SSSR count). The summed E-state index contributed by atoms with van der Waals surface area (Å²) < 4.78 is 0. The van der Waals surface area contributed by atoms with Gasteiger partial charge in [0.25, 0.3) is 0 Å². The Balaban J connectivity index is 2.17. The Bertz CT molecular complexity index is 468. The number of aryl methyl sites for hydroxylation is 1. The van der Waals surface area contributed by atoms with Gasteiger partial charge in [-0.25, -0.2) is 0 Å². The van der Waals surface area contributed by atoms with Crippen molar-refractivity contribution in [1.29, 1.82) is 0 Å². The summed E-state index contributed by atoms with van der Waals surface area (Å²) in [5, 5.41) is 0. The molecule has 0 saturated carbocycles. The number of nitrogens with two attached hydrogens (primary N) is 1. The molecular formula is C14H17N3. The van der Waals surface area contributed by atoms with E-state index in [0.717, 1.165) is 6.42 Å². The van der Waals surface area contributed by atoms with E-state index in [-0.39, 0.29) is 6.04 Å². The summed E-state index contributed by atoms with van der Waals surface area (Å²) in [7, 11) is 0. The van der Waals surface area contributed by atoms with Gasteiger partial charge in [-0.15, -0.1) is 0 Å². The first kappa shape index (κ1) is 11.8. The van der Waals surface area contributed by atoms with E-state index < -0.39 is 0 Å². The molecular weight excluding hydrogens is 210 g/mol. The van der Waals surface area contributed by atoms with Crippen LogP contribution in [0.4, 0.5) is 0 Å². The standard InChI is InChI=1S/C14H17N3/c1-11-4-2-6-13(8-11)14(17-15)9-12-5-3-7-16-10-12/h2-8,10,14,17H,9,15H2,1H3. The maximum Gasteiger partial charge on any atom is 0.0500 e. The molecule has 17 heavy (non-hydrogen) atoms. The van der Waals surface area contributed by atoms with Crippen LogP contribution in [-0.4, -0.2) is 4.98 Å². The fraction of sp³-hybridized carbons (Fsp3) is 0.214. The van der Waals surface area contributed by atoms with Crippen molar-refractivity contribution in [2.75, 3.05) is 0 Å². The Kier molecular flexibility index (Phi) is 3.85. The van der Waals surface area contributed by atoms with Crippen molar-refractivity contribution in [2.24, 2.45) is 5.84 Å². The maximum absolute atomic E-state index is 5.63. The highest BCUT2D eigenvalue weighted by Crippen LogP contribution is 2.18. The van der Waals surface area contributed by atoms with Crippen LogP contribution in [0.3, 0.4) is 0 Å². The fourth-order valence-electron chi connectivity index (χ4n) is 1.91. The normalized spacial score (nSPS) is 12.4. The van der Waals surface area contributed by atoms with Gasteiger partial charge in [0.2, 0.25) is 0 Å². The van der Waals surface area contributed by atoms with E-state index in [0.29, 0.717) is 0 Å². The zero-order valence-corrected chi connectivity index (χ0v) is 9.93. The summed E-state index contributed by atoms with van der Waals surface area (Å²) in [5.74, 6) is 5.63. The molecule has 3 nitrogen and oxygen atoms in total. The summed E-state index contributed by atoms with van der Waals surface area (Å²) in [6, 6.07) is 12.5. The Hall–Kier alpha value is -1.71. The predicted molar refractivity (Wildman–Crippen MR) is 69.2 cm³/mol. The summed E-state index contributed by atoms with van der Waals surface area (Å²) >= 11 is 0. The Labute approximate surface area is 102 Å². The highest BCUT2D eigenvalue weighted by molar-refractivity contribution is 5.26. The Morgan fingerprint density at radius 1 is 1.29 bits per heavy atom. The molecule has 1 unspecified atom stereocenters. The summed E-state index contributed by atoms with van der Waals surface area (Å²) in [5.41, 5.74) is 6.49. The minimum absolute atomic E-state index is 0.124. The third-order valence-electron chi connectivity index (χ3n) is 2.81. The largest absolute Gasteiger partial charge is 0.271 e. The van der Waals surface area contributed by atoms with Crippen LogP contribution in [0.2, 0.25) is 0 Å². The second-order valence-electron chi connectivity index (χ2n) is 4.20. The molecule has 0 aliphatic carbocycles. The predicted octanol–water partition coefficient (Wildman–Crippen LogP) is 2.14. The molecule has 3 N–H and O–H groups in total. The van der Waals surface area contributed by atoms with Gasteiger partial charge in [0, 0.05) is 12.4 Å². The number of aromatic nitrogens is 1. The first-order valence-corrected chi connectivity index (χ1v) is 5.71. The smallest absolute Gasteiger partial charge is 0.0500 e. The second kappa shape index (κ2) is 5.57. The van der Waals surface area contributed by atoms with Crippen LogP contribution < -0.4 is 11.3 Å². The minimum atomic E-state index is 0.124. The fourth-order valence-corrected chi connectivity index (χ4v) is 1.91. The lowest BCUT2D eigenvalue weighted by molar-refractivity contribution is 0.551. The summed E-state index contributed by atoms with van der Waals surface area (Å²) in [6.45, 7) is 2.08. The van der Waals surface area contributed by atoms with E-state index in [1.807, 2.05) is 12.3 Å². The SMILES string of the molecule is Cc1cccc(C(Cc2cccnc2)NN)c1. The van der Waals surface area contributed by atoms with Crippen LogP contribution in [0, 0.1) is 6.92 Å². The average Bonchev–Trinajstić information content (AvgIpc) is 2.37. The zero-order chi connectivity index (χ0) is 12.1. The van der Waals surface area contributed by atoms with E-state index in [9.17, 15) is 0 Å². The third-order valence-corrected chi connectivity index (χ3v) is 2.81. The molecule has 3 heteroatoms. The lowest BCUT2D eigenvalue weighted by atomic mass is 9.99. The van der Waals surface area contributed by atoms with Gasteiger partial charge in [-0.05, 0) is 30.5 Å². The quantitative estimate of drug-likeness (QED) is 0.621. The molecule has 1 heterocycles. The molecule has 1 atom stereocenters. The van der Waals surface area contributed by atoms with Crippen molar-refractivity contribution in [3.63, 3.8) is 0 Å². The monoisotopic (exact) mass is 227 g/mol. The third kappa shape index (κ3) is 3.12. The molecule has 1 aromatic heterocycles. The first-order chi connectivity index (χ1) is 8.29. The van der Waals surface area contributed by atoms with Crippen molar-refractivity contribution in [2.45, 2.75) is 19.4 Å². The van der Waals surface area contributed by atoms with Gasteiger partial charge in [0.1, 0.15) is 0 Å². The molecule has 0 bridgehead atoms. The molecule has 0 fully saturated rings. The molecule has 0 spiro atoms. The van der Waals surface area contributed by atoms with Crippen LogP contribution >= 0.6 is 0 Å². The maximum atomic E-state index is 5.63. The number of benzene rings is 1. The van der Waals surface area contributed by atoms with Crippen molar-refractivity contribution in [3.05, 3.63) is 65.5 Å². The van der Waals surface area contributed by atoms with Crippen LogP contribution in [0.5, 0.6) is 0 Å². The number of nitrogens with one attached hydrogen (secondary N) is 1. The van der Waals surface area contributed by atoms with Crippen molar-refractivity contribution in [1.82, 2.24) is 10.4 Å². The number of nitrogens with zero attached hydrogens (tertiary/aromatic N) is 1. The van der Waals surface area contributed by atoms with Gasteiger partial charge < -0.3 is 0 Å². The van der Waals surface area contributed by atoms with E-state index in [4.69, 9.17) is 5.84 Å². The van der Waals surface area contributed by atoms with E-state index >= 15 is 0 Å². The van der Waals surface area contributed by atoms with Gasteiger partial charge in [-0.1, -0.05) is 35.9 Å². The van der Waals surface area contributed by atoms with Crippen LogP contribution in [0.25, 0.3) is 0 Å². The van der Waals surface area contributed by atoms with E-state index in [1.165, 1.54) is 16.7 Å². The molecule has 2 aromatic rings. The molecule has 0 amide bonds. The molecule has 0 radical (unpaired) electrons. The lowest BCUT2D eigenvalue weighted by Gasteiger charge is -2.16. The molecule has 0 aliphatic heterocycles. The zero-order valence-electron chi connectivity index (χ0n) is 9.93. The molecule has 0 saturated heterocycles. The van der Waals surface area contributed by atoms with Crippen LogP contribution in [0.15, 0.2) is 48.8 Å². The minimum Gasteiger partial charge on any atom is -0.271 e. The van der Waals surface area contributed by atoms with Crippen molar-refractivity contribution < 1.29 is 0 Å². The van der Waals surface area contributed by atoms with Gasteiger partial charge in [0.15, 0.2) is 0 Å². The average molecular weight is 227 g/mol. The number of pyridine rings is 1. The number of rotatable bonds is 4. The van der Waals surface area contributed by atoms with Crippen LogP contribution in [-0.2, 0) is 6.42 Å². The van der Waals surface area contributed by atoms with Gasteiger partial charge in [-0.2, -0.15) is 0 Å². The second-order valence-corrected chi connectivity index (χ2v) is 4.20. The summed E-state index contributed by atoms with van der Waals surface area (Å²) in [4.78, 5) is 4.11. The van der Waals surface area contributed by atoms with Gasteiger partial charge in [-0.3, -0.25) is 16.3 Å². The van der Waals surface area contributed by atoms with E-state index in [2.05, 4.69) is 47.7 Å². The number of hydrogen-bond donors (Lipinski definition) is 2. The van der Waals surface area contributed by atoms with Gasteiger partial charge >= 0.3 is 0 Å². The number of hydrazine groups is 1. The number of hydrogen-bond acceptors (Lipinski definition) is 3. The molecule has 88 valence electrons. The highest BCUT2D eigenvalue weighted by atomic mass is 15.2. The Morgan fingerprint density at radius 2 is 2.18 bits per heavy atom. The molecule has 1 aromatic carbocycles. The molecule has 0 aliphatic rings. The Morgan fingerprint density at radius 3 is 2.82 bits per heavy atom. The van der Waals surface area contributed by atoms with Gasteiger partial charge in [0.05, 0.1) is 6.04 Å². The van der Waals surface area contributed by atoms with Crippen molar-refractivity contribution >= 4 is 0 Å².